The highest BCUT2D eigenvalue weighted by Gasteiger charge is 2.30. The molecule has 4 N–H and O–H groups in total. The third-order valence-corrected chi connectivity index (χ3v) is 3.23. The normalized spacial score (nSPS) is 13.7. The van der Waals surface area contributed by atoms with Crippen LogP contribution in [0.1, 0.15) is 32.9 Å². The van der Waals surface area contributed by atoms with Gasteiger partial charge in [-0.1, -0.05) is 5.21 Å². The lowest BCUT2D eigenvalue weighted by Crippen LogP contribution is -2.45. The van der Waals surface area contributed by atoms with E-state index in [1.54, 1.807) is 20.8 Å². The fraction of sp³-hybridized carbons (Fsp3) is 0.667. The number of alkyl carbamates (subject to hydrolysis) is 1. The number of aliphatic hydroxyl groups is 1. The molecule has 1 amide bonds. The van der Waals surface area contributed by atoms with Crippen molar-refractivity contribution < 1.29 is 34.4 Å². The first-order valence-electron chi connectivity index (χ1n) is 7.97. The molecule has 0 radical (unpaired) electrons. The summed E-state index contributed by atoms with van der Waals surface area (Å²) >= 11 is 0. The molecule has 1 heterocycles. The van der Waals surface area contributed by atoms with E-state index in [2.05, 4.69) is 15.6 Å². The molecule has 0 spiro atoms. The minimum Gasteiger partial charge on any atom is -0.481 e. The van der Waals surface area contributed by atoms with Crippen molar-refractivity contribution in [1.29, 1.82) is 0 Å². The monoisotopic (exact) mass is 372 g/mol. The first kappa shape index (κ1) is 21.4. The Hall–Kier alpha value is -2.69. The standard InChI is InChI=1S/C15H24N4O7/c1-15(2,3)26-14(25)16-11(13(23)24)7-9(12(21)22)6-10-8-19(4-5-20)18-17-10/h8-9,11,20H,4-7H2,1-3H3,(H,16,25)(H,21,22)(H,23,24)/t9?,11-/m1/s1. The summed E-state index contributed by atoms with van der Waals surface area (Å²) in [6.45, 7) is 4.93. The maximum absolute atomic E-state index is 11.8. The molecule has 1 unspecified atom stereocenters. The zero-order valence-corrected chi connectivity index (χ0v) is 14.9. The van der Waals surface area contributed by atoms with Crippen molar-refractivity contribution >= 4 is 18.0 Å². The van der Waals surface area contributed by atoms with E-state index in [1.165, 1.54) is 10.9 Å². The second-order valence-corrected chi connectivity index (χ2v) is 6.71. The number of aliphatic carboxylic acids is 2. The minimum absolute atomic E-state index is 0.0689. The van der Waals surface area contributed by atoms with Gasteiger partial charge in [-0.3, -0.25) is 4.79 Å². The van der Waals surface area contributed by atoms with Crippen molar-refractivity contribution in [2.45, 2.75) is 51.8 Å². The van der Waals surface area contributed by atoms with E-state index in [0.717, 1.165) is 0 Å². The number of hydrogen-bond acceptors (Lipinski definition) is 7. The molecule has 1 aromatic rings. The van der Waals surface area contributed by atoms with Gasteiger partial charge in [0.05, 0.1) is 24.8 Å². The van der Waals surface area contributed by atoms with Gasteiger partial charge >= 0.3 is 18.0 Å². The molecule has 0 aliphatic carbocycles. The molecule has 0 aliphatic heterocycles. The van der Waals surface area contributed by atoms with Gasteiger partial charge in [0.2, 0.25) is 0 Å². The van der Waals surface area contributed by atoms with E-state index in [-0.39, 0.29) is 26.0 Å². The highest BCUT2D eigenvalue weighted by Crippen LogP contribution is 2.15. The summed E-state index contributed by atoms with van der Waals surface area (Å²) in [6.07, 6.45) is 0.114. The molecule has 11 nitrogen and oxygen atoms in total. The predicted octanol–water partition coefficient (Wildman–Crippen LogP) is -0.118. The largest absolute Gasteiger partial charge is 0.481 e. The van der Waals surface area contributed by atoms with Crippen LogP contribution in [0.4, 0.5) is 4.79 Å². The SMILES string of the molecule is CC(C)(C)OC(=O)N[C@H](CC(Cc1cn(CCO)nn1)C(=O)O)C(=O)O. The van der Waals surface area contributed by atoms with Gasteiger partial charge in [-0.2, -0.15) is 0 Å². The summed E-state index contributed by atoms with van der Waals surface area (Å²) in [5.74, 6) is -3.70. The summed E-state index contributed by atoms with van der Waals surface area (Å²) in [7, 11) is 0. The first-order chi connectivity index (χ1) is 12.0. The van der Waals surface area contributed by atoms with Crippen LogP contribution in [0, 0.1) is 5.92 Å². The number of carboxylic acid groups (broad SMARTS) is 2. The van der Waals surface area contributed by atoms with Crippen LogP contribution in [0.25, 0.3) is 0 Å². The highest BCUT2D eigenvalue weighted by molar-refractivity contribution is 5.81. The number of aromatic nitrogens is 3. The molecule has 2 atom stereocenters. The highest BCUT2D eigenvalue weighted by atomic mass is 16.6. The van der Waals surface area contributed by atoms with Crippen LogP contribution in [0.5, 0.6) is 0 Å². The minimum atomic E-state index is -1.43. The molecular weight excluding hydrogens is 348 g/mol. The van der Waals surface area contributed by atoms with Gasteiger partial charge in [0.1, 0.15) is 11.6 Å². The zero-order chi connectivity index (χ0) is 19.9. The van der Waals surface area contributed by atoms with Crippen LogP contribution in [0.2, 0.25) is 0 Å². The molecule has 0 aliphatic rings. The Labute approximate surface area is 150 Å². The van der Waals surface area contributed by atoms with E-state index in [0.29, 0.717) is 5.69 Å². The summed E-state index contributed by atoms with van der Waals surface area (Å²) in [4.78, 5) is 34.6. The number of nitrogens with zero attached hydrogens (tertiary/aromatic N) is 3. The molecule has 146 valence electrons. The Morgan fingerprint density at radius 1 is 1.27 bits per heavy atom. The van der Waals surface area contributed by atoms with Gasteiger partial charge in [-0.25, -0.2) is 14.3 Å². The fourth-order valence-corrected chi connectivity index (χ4v) is 2.12. The number of rotatable bonds is 9. The molecule has 0 aromatic carbocycles. The maximum Gasteiger partial charge on any atom is 0.408 e. The van der Waals surface area contributed by atoms with Crippen LogP contribution in [0.3, 0.4) is 0 Å². The number of amides is 1. The average Bonchev–Trinajstić information content (AvgIpc) is 2.91. The van der Waals surface area contributed by atoms with Crippen LogP contribution in [0.15, 0.2) is 6.20 Å². The Kier molecular flexibility index (Phi) is 7.50. The lowest BCUT2D eigenvalue weighted by molar-refractivity contribution is -0.144. The number of ether oxygens (including phenoxy) is 1. The quantitative estimate of drug-likeness (QED) is 0.462. The van der Waals surface area contributed by atoms with Crippen molar-refractivity contribution in [2.24, 2.45) is 5.92 Å². The summed E-state index contributed by atoms with van der Waals surface area (Å²) in [6, 6.07) is -1.43. The molecule has 0 bridgehead atoms. The number of carbonyl (C=O) groups is 3. The Bertz CT molecular complexity index is 638. The Balaban J connectivity index is 2.78. The van der Waals surface area contributed by atoms with Crippen molar-refractivity contribution in [1.82, 2.24) is 20.3 Å². The Morgan fingerprint density at radius 2 is 1.92 bits per heavy atom. The summed E-state index contributed by atoms with van der Waals surface area (Å²) in [5.41, 5.74) is -0.475. The molecule has 0 saturated carbocycles. The third kappa shape index (κ3) is 7.47. The van der Waals surface area contributed by atoms with Crippen LogP contribution >= 0.6 is 0 Å². The van der Waals surface area contributed by atoms with Gasteiger partial charge < -0.3 is 25.4 Å². The fourth-order valence-electron chi connectivity index (χ4n) is 2.12. The molecule has 26 heavy (non-hydrogen) atoms. The second kappa shape index (κ2) is 9.13. The van der Waals surface area contributed by atoms with E-state index in [4.69, 9.17) is 9.84 Å². The van der Waals surface area contributed by atoms with E-state index >= 15 is 0 Å². The van der Waals surface area contributed by atoms with Gasteiger partial charge in [0.15, 0.2) is 0 Å². The van der Waals surface area contributed by atoms with Gasteiger partial charge in [0.25, 0.3) is 0 Å². The lowest BCUT2D eigenvalue weighted by atomic mass is 9.95. The first-order valence-corrected chi connectivity index (χ1v) is 7.97. The Morgan fingerprint density at radius 3 is 2.42 bits per heavy atom. The summed E-state index contributed by atoms with van der Waals surface area (Å²) < 4.78 is 6.35. The van der Waals surface area contributed by atoms with Gasteiger partial charge in [-0.05, 0) is 27.2 Å². The van der Waals surface area contributed by atoms with Crippen molar-refractivity contribution in [3.05, 3.63) is 11.9 Å². The van der Waals surface area contributed by atoms with Crippen LogP contribution < -0.4 is 5.32 Å². The van der Waals surface area contributed by atoms with Crippen LogP contribution in [-0.4, -0.2) is 66.6 Å². The van der Waals surface area contributed by atoms with Crippen molar-refractivity contribution in [2.75, 3.05) is 6.61 Å². The lowest BCUT2D eigenvalue weighted by Gasteiger charge is -2.23. The average molecular weight is 372 g/mol. The van der Waals surface area contributed by atoms with Crippen molar-refractivity contribution in [3.8, 4) is 0 Å². The van der Waals surface area contributed by atoms with E-state index in [9.17, 15) is 24.6 Å². The van der Waals surface area contributed by atoms with E-state index in [1.807, 2.05) is 0 Å². The molecule has 0 saturated heterocycles. The zero-order valence-electron chi connectivity index (χ0n) is 14.9. The van der Waals surface area contributed by atoms with Crippen molar-refractivity contribution in [3.63, 3.8) is 0 Å². The molecule has 0 fully saturated rings. The maximum atomic E-state index is 11.8. The number of carbonyl (C=O) groups excluding carboxylic acids is 1. The molecule has 1 aromatic heterocycles. The topological polar surface area (TPSA) is 164 Å². The second-order valence-electron chi connectivity index (χ2n) is 6.71. The number of nitrogens with one attached hydrogen (secondary N) is 1. The van der Waals surface area contributed by atoms with E-state index < -0.39 is 35.6 Å². The smallest absolute Gasteiger partial charge is 0.408 e. The van der Waals surface area contributed by atoms with Gasteiger partial charge in [-0.15, -0.1) is 5.10 Å². The number of carboxylic acids is 2. The predicted molar refractivity (Wildman–Crippen MR) is 87.3 cm³/mol. The molecule has 11 heteroatoms. The molecular formula is C15H24N4O7. The molecule has 1 rings (SSSR count). The van der Waals surface area contributed by atoms with Crippen LogP contribution in [-0.2, 0) is 27.3 Å². The third-order valence-electron chi connectivity index (χ3n) is 3.23. The summed E-state index contributed by atoms with van der Waals surface area (Å²) in [5, 5.41) is 37.2. The number of aliphatic hydroxyl groups excluding tert-OH is 1. The number of hydrogen-bond donors (Lipinski definition) is 4. The van der Waals surface area contributed by atoms with Gasteiger partial charge in [0, 0.05) is 12.6 Å².